The monoisotopic (exact) mass is 295 g/mol. The second-order valence-corrected chi connectivity index (χ2v) is 6.70. The Hall–Kier alpha value is -1.32. The van der Waals surface area contributed by atoms with Crippen LogP contribution in [-0.2, 0) is 14.3 Å². The van der Waals surface area contributed by atoms with Crippen molar-refractivity contribution in [3.63, 3.8) is 0 Å². The van der Waals surface area contributed by atoms with Gasteiger partial charge in [-0.05, 0) is 44.4 Å². The highest BCUT2D eigenvalue weighted by Crippen LogP contribution is 2.27. The van der Waals surface area contributed by atoms with E-state index in [1.807, 2.05) is 20.8 Å². The minimum Gasteiger partial charge on any atom is -0.465 e. The lowest BCUT2D eigenvalue weighted by molar-refractivity contribution is -0.156. The van der Waals surface area contributed by atoms with Crippen LogP contribution < -0.4 is 5.32 Å². The van der Waals surface area contributed by atoms with Crippen LogP contribution in [0.2, 0.25) is 0 Å². The number of rotatable bonds is 6. The highest BCUT2D eigenvalue weighted by Gasteiger charge is 2.38. The largest absolute Gasteiger partial charge is 0.465 e. The molecule has 1 aliphatic carbocycles. The van der Waals surface area contributed by atoms with Gasteiger partial charge in [0.05, 0.1) is 6.61 Å². The van der Waals surface area contributed by atoms with Gasteiger partial charge in [-0.25, -0.2) is 0 Å². The lowest BCUT2D eigenvalue weighted by Crippen LogP contribution is -2.44. The van der Waals surface area contributed by atoms with Crippen LogP contribution in [0.25, 0.3) is 0 Å². The predicted molar refractivity (Wildman–Crippen MR) is 83.8 cm³/mol. The van der Waals surface area contributed by atoms with Crippen molar-refractivity contribution in [3.05, 3.63) is 11.6 Å². The van der Waals surface area contributed by atoms with E-state index in [-0.39, 0.29) is 5.91 Å². The summed E-state index contributed by atoms with van der Waals surface area (Å²) in [6, 6.07) is 0. The van der Waals surface area contributed by atoms with Crippen molar-refractivity contribution < 1.29 is 14.3 Å². The molecule has 1 unspecified atom stereocenters. The number of amides is 1. The highest BCUT2D eigenvalue weighted by atomic mass is 16.5. The lowest BCUT2D eigenvalue weighted by Gasteiger charge is -2.27. The number of esters is 1. The van der Waals surface area contributed by atoms with E-state index in [0.29, 0.717) is 13.2 Å². The Labute approximate surface area is 128 Å². The molecule has 0 heterocycles. The zero-order valence-electron chi connectivity index (χ0n) is 13.8. The third-order valence-electron chi connectivity index (χ3n) is 3.78. The SMILES string of the molecule is CCOC(=O)C(C(=O)NCCC1=CCCCC1)C(C)(C)C. The molecule has 0 fully saturated rings. The molecule has 120 valence electrons. The van der Waals surface area contributed by atoms with Gasteiger partial charge in [-0.2, -0.15) is 0 Å². The van der Waals surface area contributed by atoms with Gasteiger partial charge in [-0.1, -0.05) is 32.4 Å². The number of nitrogens with one attached hydrogen (secondary N) is 1. The van der Waals surface area contributed by atoms with Crippen molar-refractivity contribution in [1.29, 1.82) is 0 Å². The fourth-order valence-corrected chi connectivity index (χ4v) is 2.66. The van der Waals surface area contributed by atoms with Crippen LogP contribution in [0.4, 0.5) is 0 Å². The van der Waals surface area contributed by atoms with Crippen LogP contribution >= 0.6 is 0 Å². The lowest BCUT2D eigenvalue weighted by atomic mass is 9.80. The summed E-state index contributed by atoms with van der Waals surface area (Å²) in [6.07, 6.45) is 7.96. The zero-order chi connectivity index (χ0) is 15.9. The molecule has 21 heavy (non-hydrogen) atoms. The number of carbonyl (C=O) groups excluding carboxylic acids is 2. The molecular weight excluding hydrogens is 266 g/mol. The molecule has 0 radical (unpaired) electrons. The molecule has 1 atom stereocenters. The summed E-state index contributed by atoms with van der Waals surface area (Å²) in [4.78, 5) is 24.3. The molecule has 4 heteroatoms. The minimum absolute atomic E-state index is 0.225. The summed E-state index contributed by atoms with van der Waals surface area (Å²) in [7, 11) is 0. The van der Waals surface area contributed by atoms with E-state index >= 15 is 0 Å². The van der Waals surface area contributed by atoms with Gasteiger partial charge in [0, 0.05) is 6.54 Å². The highest BCUT2D eigenvalue weighted by molar-refractivity contribution is 5.98. The van der Waals surface area contributed by atoms with Crippen molar-refractivity contribution in [1.82, 2.24) is 5.32 Å². The van der Waals surface area contributed by atoms with Crippen LogP contribution in [0, 0.1) is 11.3 Å². The Morgan fingerprint density at radius 3 is 2.57 bits per heavy atom. The summed E-state index contributed by atoms with van der Waals surface area (Å²) in [5.41, 5.74) is 0.977. The smallest absolute Gasteiger partial charge is 0.319 e. The maximum Gasteiger partial charge on any atom is 0.319 e. The van der Waals surface area contributed by atoms with E-state index in [0.717, 1.165) is 19.3 Å². The number of ether oxygens (including phenoxy) is 1. The Balaban J connectivity index is 2.52. The molecule has 0 aromatic heterocycles. The van der Waals surface area contributed by atoms with E-state index in [1.54, 1.807) is 6.92 Å². The van der Waals surface area contributed by atoms with Crippen LogP contribution in [0.3, 0.4) is 0 Å². The standard InChI is InChI=1S/C17H29NO3/c1-5-21-16(20)14(17(2,3)4)15(19)18-12-11-13-9-7-6-8-10-13/h9,14H,5-8,10-12H2,1-4H3,(H,18,19). The quantitative estimate of drug-likeness (QED) is 0.465. The molecule has 0 aromatic rings. The van der Waals surface area contributed by atoms with Gasteiger partial charge in [-0.15, -0.1) is 0 Å². The fraction of sp³-hybridized carbons (Fsp3) is 0.765. The average molecular weight is 295 g/mol. The molecule has 0 saturated heterocycles. The first-order chi connectivity index (χ1) is 9.86. The van der Waals surface area contributed by atoms with Crippen LogP contribution in [0.15, 0.2) is 11.6 Å². The van der Waals surface area contributed by atoms with E-state index in [4.69, 9.17) is 4.74 Å². The first kappa shape index (κ1) is 17.7. The molecule has 1 amide bonds. The Morgan fingerprint density at radius 2 is 2.05 bits per heavy atom. The molecule has 0 saturated carbocycles. The van der Waals surface area contributed by atoms with Gasteiger partial charge in [0.15, 0.2) is 0 Å². The second-order valence-electron chi connectivity index (χ2n) is 6.70. The second kappa shape index (κ2) is 8.20. The minimum atomic E-state index is -0.752. The average Bonchev–Trinajstić information content (AvgIpc) is 2.38. The van der Waals surface area contributed by atoms with Crippen molar-refractivity contribution in [2.75, 3.05) is 13.2 Å². The molecule has 0 spiro atoms. The molecule has 4 nitrogen and oxygen atoms in total. The van der Waals surface area contributed by atoms with Gasteiger partial charge in [0.25, 0.3) is 0 Å². The first-order valence-corrected chi connectivity index (χ1v) is 7.98. The Bertz CT molecular complexity index is 393. The maximum atomic E-state index is 12.3. The number of allylic oxidation sites excluding steroid dienone is 1. The molecular formula is C17H29NO3. The van der Waals surface area contributed by atoms with E-state index in [2.05, 4.69) is 11.4 Å². The molecule has 1 rings (SSSR count). The Kier molecular flexibility index (Phi) is 6.93. The van der Waals surface area contributed by atoms with Crippen LogP contribution in [0.1, 0.15) is 59.8 Å². The summed E-state index contributed by atoms with van der Waals surface area (Å²) in [6.45, 7) is 8.31. The number of hydrogen-bond donors (Lipinski definition) is 1. The summed E-state index contributed by atoms with van der Waals surface area (Å²) in [5, 5.41) is 2.90. The van der Waals surface area contributed by atoms with Crippen LogP contribution in [0.5, 0.6) is 0 Å². The van der Waals surface area contributed by atoms with Crippen LogP contribution in [-0.4, -0.2) is 25.0 Å². The van der Waals surface area contributed by atoms with Crippen molar-refractivity contribution in [2.24, 2.45) is 11.3 Å². The van der Waals surface area contributed by atoms with Gasteiger partial charge in [-0.3, -0.25) is 9.59 Å². The molecule has 0 aromatic carbocycles. The number of hydrogen-bond acceptors (Lipinski definition) is 3. The summed E-state index contributed by atoms with van der Waals surface area (Å²) >= 11 is 0. The van der Waals surface area contributed by atoms with Crippen molar-refractivity contribution in [3.8, 4) is 0 Å². The maximum absolute atomic E-state index is 12.3. The molecule has 0 bridgehead atoms. The predicted octanol–water partition coefficient (Wildman–Crippen LogP) is 3.22. The number of carbonyl (C=O) groups is 2. The van der Waals surface area contributed by atoms with Crippen molar-refractivity contribution >= 4 is 11.9 Å². The first-order valence-electron chi connectivity index (χ1n) is 7.98. The molecule has 1 N–H and O–H groups in total. The van der Waals surface area contributed by atoms with E-state index < -0.39 is 17.3 Å². The van der Waals surface area contributed by atoms with Crippen molar-refractivity contribution in [2.45, 2.75) is 59.8 Å². The topological polar surface area (TPSA) is 55.4 Å². The summed E-state index contributed by atoms with van der Waals surface area (Å²) < 4.78 is 5.04. The molecule has 0 aliphatic heterocycles. The Morgan fingerprint density at radius 1 is 1.33 bits per heavy atom. The third kappa shape index (κ3) is 5.90. The fourth-order valence-electron chi connectivity index (χ4n) is 2.66. The van der Waals surface area contributed by atoms with Gasteiger partial charge in [0.2, 0.25) is 5.91 Å². The zero-order valence-corrected chi connectivity index (χ0v) is 13.8. The van der Waals surface area contributed by atoms with E-state index in [1.165, 1.54) is 18.4 Å². The summed E-state index contributed by atoms with van der Waals surface area (Å²) in [5.74, 6) is -1.41. The third-order valence-corrected chi connectivity index (χ3v) is 3.78. The molecule has 1 aliphatic rings. The normalized spacial score (nSPS) is 16.9. The van der Waals surface area contributed by atoms with E-state index in [9.17, 15) is 9.59 Å². The van der Waals surface area contributed by atoms with Gasteiger partial charge in [0.1, 0.15) is 5.92 Å². The van der Waals surface area contributed by atoms with Gasteiger partial charge < -0.3 is 10.1 Å². The van der Waals surface area contributed by atoms with Gasteiger partial charge >= 0.3 is 5.97 Å².